The van der Waals surface area contributed by atoms with Crippen LogP contribution in [0.5, 0.6) is 5.75 Å². The first-order chi connectivity index (χ1) is 11.6. The number of carbonyl (C=O) groups excluding carboxylic acids is 1. The molecular formula is C17H19N3O4. The molecule has 2 heterocycles. The van der Waals surface area contributed by atoms with Crippen LogP contribution < -0.4 is 4.74 Å². The fourth-order valence-electron chi connectivity index (χ4n) is 2.88. The molecule has 1 fully saturated rings. The van der Waals surface area contributed by atoms with E-state index in [-0.39, 0.29) is 18.1 Å². The van der Waals surface area contributed by atoms with Gasteiger partial charge < -0.3 is 14.7 Å². The number of ether oxygens (including phenoxy) is 1. The monoisotopic (exact) mass is 329 g/mol. The number of para-hydroxylation sites is 1. The van der Waals surface area contributed by atoms with Gasteiger partial charge in [-0.05, 0) is 25.0 Å². The second-order valence-corrected chi connectivity index (χ2v) is 5.75. The third kappa shape index (κ3) is 3.10. The summed E-state index contributed by atoms with van der Waals surface area (Å²) in [7, 11) is 1.49. The molecule has 1 saturated heterocycles. The number of hydrogen-bond donors (Lipinski definition) is 1. The van der Waals surface area contributed by atoms with E-state index in [4.69, 9.17) is 4.74 Å². The molecule has 1 aromatic heterocycles. The smallest absolute Gasteiger partial charge is 0.308 e. The molecule has 0 radical (unpaired) electrons. The van der Waals surface area contributed by atoms with E-state index in [2.05, 4.69) is 5.10 Å². The standard InChI is InChI=1S/C17H19N3O4/c1-24-14-11-20(13-7-3-2-4-8-13)18-15(14)16(21)19-9-5-6-12(10-19)17(22)23/h2-4,7-8,11-12H,5-6,9-10H2,1H3,(H,22,23). The summed E-state index contributed by atoms with van der Waals surface area (Å²) in [6, 6.07) is 9.42. The lowest BCUT2D eigenvalue weighted by Crippen LogP contribution is -2.42. The van der Waals surface area contributed by atoms with Gasteiger partial charge in [0.05, 0.1) is 24.9 Å². The zero-order chi connectivity index (χ0) is 17.1. The van der Waals surface area contributed by atoms with Crippen LogP contribution in [-0.2, 0) is 4.79 Å². The zero-order valence-corrected chi connectivity index (χ0v) is 13.4. The number of carboxylic acids is 1. The van der Waals surface area contributed by atoms with Crippen molar-refractivity contribution in [3.8, 4) is 11.4 Å². The number of piperidine rings is 1. The summed E-state index contributed by atoms with van der Waals surface area (Å²) in [6.45, 7) is 0.736. The van der Waals surface area contributed by atoms with E-state index in [1.807, 2.05) is 30.3 Å². The Morgan fingerprint density at radius 3 is 2.71 bits per heavy atom. The fraction of sp³-hybridized carbons (Fsp3) is 0.353. The molecule has 1 amide bonds. The molecule has 1 atom stereocenters. The Morgan fingerprint density at radius 2 is 2.04 bits per heavy atom. The topological polar surface area (TPSA) is 84.7 Å². The lowest BCUT2D eigenvalue weighted by Gasteiger charge is -2.30. The quantitative estimate of drug-likeness (QED) is 0.925. The van der Waals surface area contributed by atoms with E-state index in [1.165, 1.54) is 7.11 Å². The Labute approximate surface area is 139 Å². The first-order valence-electron chi connectivity index (χ1n) is 7.81. The molecular weight excluding hydrogens is 310 g/mol. The van der Waals surface area contributed by atoms with Crippen molar-refractivity contribution in [2.75, 3.05) is 20.2 Å². The molecule has 7 heteroatoms. The molecule has 1 aliphatic rings. The molecule has 126 valence electrons. The zero-order valence-electron chi connectivity index (χ0n) is 13.4. The summed E-state index contributed by atoms with van der Waals surface area (Å²) in [5.41, 5.74) is 1.02. The Morgan fingerprint density at radius 1 is 1.29 bits per heavy atom. The normalized spacial score (nSPS) is 17.5. The van der Waals surface area contributed by atoms with E-state index in [1.54, 1.807) is 15.8 Å². The highest BCUT2D eigenvalue weighted by Gasteiger charge is 2.31. The van der Waals surface area contributed by atoms with Gasteiger partial charge >= 0.3 is 5.97 Å². The summed E-state index contributed by atoms with van der Waals surface area (Å²) < 4.78 is 6.87. The van der Waals surface area contributed by atoms with Crippen LogP contribution in [0.15, 0.2) is 36.5 Å². The predicted molar refractivity (Wildman–Crippen MR) is 86.4 cm³/mol. The van der Waals surface area contributed by atoms with Gasteiger partial charge in [0, 0.05) is 13.1 Å². The maximum absolute atomic E-state index is 12.8. The summed E-state index contributed by atoms with van der Waals surface area (Å²) in [4.78, 5) is 25.5. The third-order valence-electron chi connectivity index (χ3n) is 4.18. The van der Waals surface area contributed by atoms with Crippen LogP contribution in [0.3, 0.4) is 0 Å². The van der Waals surface area contributed by atoms with Gasteiger partial charge in [0.2, 0.25) is 0 Å². The Kier molecular flexibility index (Phi) is 4.50. The number of aromatic nitrogens is 2. The second-order valence-electron chi connectivity index (χ2n) is 5.75. The average Bonchev–Trinajstić information content (AvgIpc) is 3.06. The fourth-order valence-corrected chi connectivity index (χ4v) is 2.88. The van der Waals surface area contributed by atoms with Gasteiger partial charge in [-0.15, -0.1) is 0 Å². The minimum absolute atomic E-state index is 0.201. The van der Waals surface area contributed by atoms with Crippen molar-refractivity contribution in [3.05, 3.63) is 42.2 Å². The molecule has 0 bridgehead atoms. The minimum Gasteiger partial charge on any atom is -0.493 e. The predicted octanol–water partition coefficient (Wildman–Crippen LogP) is 1.82. The number of benzene rings is 1. The number of methoxy groups -OCH3 is 1. The summed E-state index contributed by atoms with van der Waals surface area (Å²) in [6.07, 6.45) is 2.92. The van der Waals surface area contributed by atoms with Gasteiger partial charge in [-0.25, -0.2) is 4.68 Å². The highest BCUT2D eigenvalue weighted by atomic mass is 16.5. The highest BCUT2D eigenvalue weighted by Crippen LogP contribution is 2.24. The van der Waals surface area contributed by atoms with E-state index in [0.717, 1.165) is 5.69 Å². The molecule has 0 saturated carbocycles. The second kappa shape index (κ2) is 6.74. The number of carbonyl (C=O) groups is 2. The first-order valence-corrected chi connectivity index (χ1v) is 7.81. The molecule has 24 heavy (non-hydrogen) atoms. The van der Waals surface area contributed by atoms with Crippen LogP contribution in [0.1, 0.15) is 23.3 Å². The summed E-state index contributed by atoms with van der Waals surface area (Å²) in [5, 5.41) is 13.5. The number of rotatable bonds is 4. The van der Waals surface area contributed by atoms with Crippen LogP contribution in [0.2, 0.25) is 0 Å². The number of likely N-dealkylation sites (tertiary alicyclic amines) is 1. The Balaban J connectivity index is 1.87. The van der Waals surface area contributed by atoms with Crippen molar-refractivity contribution in [1.29, 1.82) is 0 Å². The average molecular weight is 329 g/mol. The van der Waals surface area contributed by atoms with Crippen LogP contribution in [-0.4, -0.2) is 51.9 Å². The maximum Gasteiger partial charge on any atom is 0.308 e. The van der Waals surface area contributed by atoms with Gasteiger partial charge in [-0.1, -0.05) is 18.2 Å². The SMILES string of the molecule is COc1cn(-c2ccccc2)nc1C(=O)N1CCCC(C(=O)O)C1. The van der Waals surface area contributed by atoms with Gasteiger partial charge in [0.25, 0.3) is 5.91 Å². The van der Waals surface area contributed by atoms with Crippen LogP contribution in [0.4, 0.5) is 0 Å². The van der Waals surface area contributed by atoms with E-state index < -0.39 is 11.9 Å². The van der Waals surface area contributed by atoms with Crippen molar-refractivity contribution < 1.29 is 19.4 Å². The first kappa shape index (κ1) is 16.0. The molecule has 2 aromatic rings. The molecule has 3 rings (SSSR count). The number of carboxylic acid groups (broad SMARTS) is 1. The van der Waals surface area contributed by atoms with E-state index >= 15 is 0 Å². The van der Waals surface area contributed by atoms with Crippen molar-refractivity contribution in [3.63, 3.8) is 0 Å². The summed E-state index contributed by atoms with van der Waals surface area (Å²) >= 11 is 0. The highest BCUT2D eigenvalue weighted by molar-refractivity contribution is 5.95. The van der Waals surface area contributed by atoms with E-state index in [9.17, 15) is 14.7 Å². The molecule has 0 aliphatic carbocycles. The largest absolute Gasteiger partial charge is 0.493 e. The van der Waals surface area contributed by atoms with Crippen LogP contribution >= 0.6 is 0 Å². The van der Waals surface area contributed by atoms with Crippen LogP contribution in [0.25, 0.3) is 5.69 Å². The van der Waals surface area contributed by atoms with Crippen molar-refractivity contribution >= 4 is 11.9 Å². The van der Waals surface area contributed by atoms with Crippen molar-refractivity contribution in [1.82, 2.24) is 14.7 Å². The number of aliphatic carboxylic acids is 1. The Bertz CT molecular complexity index is 742. The number of hydrogen-bond acceptors (Lipinski definition) is 4. The third-order valence-corrected chi connectivity index (χ3v) is 4.18. The van der Waals surface area contributed by atoms with Crippen molar-refractivity contribution in [2.24, 2.45) is 5.92 Å². The summed E-state index contributed by atoms with van der Waals surface area (Å²) in [5.74, 6) is -1.31. The van der Waals surface area contributed by atoms with Gasteiger partial charge in [0.15, 0.2) is 11.4 Å². The number of nitrogens with zero attached hydrogens (tertiary/aromatic N) is 3. The van der Waals surface area contributed by atoms with Crippen LogP contribution in [0, 0.1) is 5.92 Å². The molecule has 1 aromatic carbocycles. The molecule has 0 spiro atoms. The molecule has 7 nitrogen and oxygen atoms in total. The van der Waals surface area contributed by atoms with Crippen molar-refractivity contribution in [2.45, 2.75) is 12.8 Å². The lowest BCUT2D eigenvalue weighted by molar-refractivity contribution is -0.143. The molecule has 1 N–H and O–H groups in total. The lowest BCUT2D eigenvalue weighted by atomic mass is 9.98. The number of amides is 1. The minimum atomic E-state index is -0.866. The van der Waals surface area contributed by atoms with Gasteiger partial charge in [0.1, 0.15) is 0 Å². The maximum atomic E-state index is 12.8. The van der Waals surface area contributed by atoms with Gasteiger partial charge in [-0.3, -0.25) is 9.59 Å². The molecule has 1 aliphatic heterocycles. The Hall–Kier alpha value is -2.83. The van der Waals surface area contributed by atoms with E-state index in [0.29, 0.717) is 25.1 Å². The van der Waals surface area contributed by atoms with Gasteiger partial charge in [-0.2, -0.15) is 5.10 Å². The molecule has 1 unspecified atom stereocenters.